The number of benzene rings is 1. The monoisotopic (exact) mass is 499 g/mol. The van der Waals surface area contributed by atoms with E-state index in [4.69, 9.17) is 13.9 Å². The first-order valence-electron chi connectivity index (χ1n) is 10.8. The summed E-state index contributed by atoms with van der Waals surface area (Å²) in [5.74, 6) is -2.63. The molecule has 3 rings (SSSR count). The maximum Gasteiger partial charge on any atom is 0.342 e. The molecule has 3 aromatic rings. The van der Waals surface area contributed by atoms with Crippen molar-refractivity contribution in [2.45, 2.75) is 25.3 Å². The molecule has 4 N–H and O–H groups in total. The van der Waals surface area contributed by atoms with Gasteiger partial charge in [0.15, 0.2) is 5.76 Å². The molecule has 2 aromatic heterocycles. The molecule has 0 radical (unpaired) electrons. The second-order valence-electron chi connectivity index (χ2n) is 7.52. The number of hydrogen-bond donors (Lipinski definition) is 4. The summed E-state index contributed by atoms with van der Waals surface area (Å²) in [6, 6.07) is 7.37. The number of rotatable bonds is 11. The van der Waals surface area contributed by atoms with Gasteiger partial charge in [-0.1, -0.05) is 30.3 Å². The number of furan rings is 1. The lowest BCUT2D eigenvalue weighted by atomic mass is 10.0. The molecule has 13 heteroatoms. The lowest BCUT2D eigenvalue weighted by Crippen LogP contribution is -2.40. The van der Waals surface area contributed by atoms with Crippen molar-refractivity contribution in [3.63, 3.8) is 0 Å². The lowest BCUT2D eigenvalue weighted by molar-refractivity contribution is 0.0554. The second kappa shape index (κ2) is 12.3. The molecule has 0 unspecified atom stereocenters. The number of ether oxygens (including phenoxy) is 2. The Kier molecular flexibility index (Phi) is 8.89. The molecule has 0 bridgehead atoms. The minimum Gasteiger partial charge on any atom is -0.465 e. The number of aliphatic hydroxyl groups excluding tert-OH is 1. The fourth-order valence-corrected chi connectivity index (χ4v) is 3.44. The fourth-order valence-electron chi connectivity index (χ4n) is 3.44. The Bertz CT molecular complexity index is 1210. The van der Waals surface area contributed by atoms with E-state index in [2.05, 4.69) is 25.8 Å². The van der Waals surface area contributed by atoms with Gasteiger partial charge in [-0.05, 0) is 12.0 Å². The van der Waals surface area contributed by atoms with E-state index in [1.165, 1.54) is 6.33 Å². The summed E-state index contributed by atoms with van der Waals surface area (Å²) in [6.07, 6.45) is 1.19. The highest BCUT2D eigenvalue weighted by molar-refractivity contribution is 6.12. The molecular formula is C23H25N5O8. The second-order valence-corrected chi connectivity index (χ2v) is 7.52. The number of aromatic amines is 1. The van der Waals surface area contributed by atoms with Crippen LogP contribution in [0.15, 0.2) is 41.1 Å². The van der Waals surface area contributed by atoms with E-state index in [1.54, 1.807) is 30.3 Å². The largest absolute Gasteiger partial charge is 0.465 e. The highest BCUT2D eigenvalue weighted by Crippen LogP contribution is 2.28. The molecule has 2 amide bonds. The number of nitrogens with one attached hydrogen (secondary N) is 3. The summed E-state index contributed by atoms with van der Waals surface area (Å²) in [5.41, 5.74) is 0.0959. The molecule has 2 heterocycles. The molecular weight excluding hydrogens is 474 g/mol. The predicted molar refractivity (Wildman–Crippen MR) is 124 cm³/mol. The Balaban J connectivity index is 1.85. The maximum absolute atomic E-state index is 13.1. The molecule has 0 saturated carbocycles. The van der Waals surface area contributed by atoms with E-state index in [9.17, 15) is 24.3 Å². The fraction of sp³-hybridized carbons (Fsp3) is 0.304. The number of amides is 2. The number of aliphatic hydroxyl groups is 1. The van der Waals surface area contributed by atoms with Gasteiger partial charge < -0.3 is 24.3 Å². The van der Waals surface area contributed by atoms with Crippen LogP contribution in [0.3, 0.4) is 0 Å². The topological polar surface area (TPSA) is 186 Å². The number of aromatic nitrogens is 3. The first kappa shape index (κ1) is 26.1. The third-order valence-corrected chi connectivity index (χ3v) is 5.14. The normalized spacial score (nSPS) is 11.4. The number of Topliss-reactive ketones (excluding diaryl/α,β-unsaturated/α-hetero) is 1. The van der Waals surface area contributed by atoms with Crippen LogP contribution in [0.5, 0.6) is 0 Å². The van der Waals surface area contributed by atoms with Crippen molar-refractivity contribution in [3.05, 3.63) is 64.9 Å². The van der Waals surface area contributed by atoms with Crippen LogP contribution in [0.1, 0.15) is 49.0 Å². The van der Waals surface area contributed by atoms with Crippen LogP contribution in [0.4, 0.5) is 10.7 Å². The zero-order valence-corrected chi connectivity index (χ0v) is 19.6. The van der Waals surface area contributed by atoms with Crippen molar-refractivity contribution in [1.82, 2.24) is 20.5 Å². The minimum atomic E-state index is -0.940. The SMILES string of the molecule is COC(=O)c1c(CC[C@@H](CO)NC(=O)Nc2ncn[nH]2)oc(C(=O)Cc2ccccc2)c1C(=O)OC. The van der Waals surface area contributed by atoms with E-state index >= 15 is 0 Å². The average molecular weight is 499 g/mol. The van der Waals surface area contributed by atoms with Gasteiger partial charge in [0.25, 0.3) is 0 Å². The molecule has 0 saturated heterocycles. The van der Waals surface area contributed by atoms with Gasteiger partial charge in [-0.25, -0.2) is 19.5 Å². The first-order valence-corrected chi connectivity index (χ1v) is 10.8. The first-order chi connectivity index (χ1) is 17.4. The van der Waals surface area contributed by atoms with E-state index in [-0.39, 0.29) is 47.9 Å². The van der Waals surface area contributed by atoms with Crippen LogP contribution in [-0.4, -0.2) is 70.9 Å². The van der Waals surface area contributed by atoms with Gasteiger partial charge in [0.1, 0.15) is 23.2 Å². The van der Waals surface area contributed by atoms with E-state index in [0.29, 0.717) is 5.56 Å². The van der Waals surface area contributed by atoms with E-state index in [1.807, 2.05) is 0 Å². The molecule has 0 fully saturated rings. The molecule has 0 aliphatic heterocycles. The summed E-state index contributed by atoms with van der Waals surface area (Å²) in [4.78, 5) is 54.1. The number of urea groups is 1. The molecule has 190 valence electrons. The van der Waals surface area contributed by atoms with Crippen molar-refractivity contribution < 1.29 is 38.2 Å². The number of nitrogens with zero attached hydrogens (tertiary/aromatic N) is 2. The van der Waals surface area contributed by atoms with E-state index < -0.39 is 36.4 Å². The number of methoxy groups -OCH3 is 2. The summed E-state index contributed by atoms with van der Waals surface area (Å²) in [6.45, 7) is -0.443. The summed E-state index contributed by atoms with van der Waals surface area (Å²) in [5, 5.41) is 20.7. The van der Waals surface area contributed by atoms with Crippen LogP contribution in [0, 0.1) is 0 Å². The van der Waals surface area contributed by atoms with Crippen LogP contribution < -0.4 is 10.6 Å². The van der Waals surface area contributed by atoms with Gasteiger partial charge in [0.05, 0.1) is 26.9 Å². The number of esters is 2. The number of aryl methyl sites for hydroxylation is 1. The van der Waals surface area contributed by atoms with E-state index in [0.717, 1.165) is 14.2 Å². The zero-order valence-electron chi connectivity index (χ0n) is 19.6. The quantitative estimate of drug-likeness (QED) is 0.222. The summed E-state index contributed by atoms with van der Waals surface area (Å²) in [7, 11) is 2.23. The minimum absolute atomic E-state index is 0.0189. The highest BCUT2D eigenvalue weighted by Gasteiger charge is 2.34. The molecule has 13 nitrogen and oxygen atoms in total. The van der Waals surface area contributed by atoms with Gasteiger partial charge in [-0.3, -0.25) is 10.1 Å². The van der Waals surface area contributed by atoms with Crippen LogP contribution in [0.2, 0.25) is 0 Å². The summed E-state index contributed by atoms with van der Waals surface area (Å²) < 4.78 is 15.3. The predicted octanol–water partition coefficient (Wildman–Crippen LogP) is 1.51. The Labute approximate surface area is 205 Å². The smallest absolute Gasteiger partial charge is 0.342 e. The number of carbonyl (C=O) groups is 4. The van der Waals surface area contributed by atoms with Gasteiger partial charge >= 0.3 is 18.0 Å². The molecule has 36 heavy (non-hydrogen) atoms. The van der Waals surface area contributed by atoms with Crippen molar-refractivity contribution >= 4 is 29.7 Å². The third-order valence-electron chi connectivity index (χ3n) is 5.14. The molecule has 1 atom stereocenters. The van der Waals surface area contributed by atoms with Gasteiger partial charge in [0, 0.05) is 12.8 Å². The van der Waals surface area contributed by atoms with Crippen molar-refractivity contribution in [3.8, 4) is 0 Å². The number of hydrogen-bond acceptors (Lipinski definition) is 10. The van der Waals surface area contributed by atoms with Gasteiger partial charge in [0.2, 0.25) is 11.7 Å². The molecule has 1 aromatic carbocycles. The Morgan fingerprint density at radius 1 is 1.08 bits per heavy atom. The lowest BCUT2D eigenvalue weighted by Gasteiger charge is -2.15. The number of anilines is 1. The standard InChI is InChI=1S/C23H25N5O8/c1-34-20(31)17-16(9-8-14(11-29)26-23(33)27-22-24-12-25-28-22)36-19(18(17)21(32)35-2)15(30)10-13-6-4-3-5-7-13/h3-7,12,14,29H,8-11H2,1-2H3,(H3,24,25,26,27,28,33)/t14-/m0/s1. The number of ketones is 1. The Morgan fingerprint density at radius 2 is 1.78 bits per heavy atom. The third kappa shape index (κ3) is 6.33. The van der Waals surface area contributed by atoms with Crippen LogP contribution in [0.25, 0.3) is 0 Å². The average Bonchev–Trinajstić information content (AvgIpc) is 3.54. The molecule has 0 aliphatic carbocycles. The van der Waals surface area contributed by atoms with Gasteiger partial charge in [-0.15, -0.1) is 0 Å². The van der Waals surface area contributed by atoms with Crippen LogP contribution in [-0.2, 0) is 22.3 Å². The van der Waals surface area contributed by atoms with Crippen molar-refractivity contribution in [2.75, 3.05) is 26.1 Å². The van der Waals surface area contributed by atoms with Gasteiger partial charge in [-0.2, -0.15) is 10.1 Å². The maximum atomic E-state index is 13.1. The van der Waals surface area contributed by atoms with Crippen molar-refractivity contribution in [2.24, 2.45) is 0 Å². The number of H-pyrrole nitrogens is 1. The zero-order chi connectivity index (χ0) is 26.1. The number of carbonyl (C=O) groups excluding carboxylic acids is 4. The summed E-state index contributed by atoms with van der Waals surface area (Å²) >= 11 is 0. The highest BCUT2D eigenvalue weighted by atomic mass is 16.5. The Hall–Kier alpha value is -4.52. The molecule has 0 spiro atoms. The van der Waals surface area contributed by atoms with Crippen LogP contribution >= 0.6 is 0 Å². The molecule has 0 aliphatic rings. The van der Waals surface area contributed by atoms with Crippen molar-refractivity contribution in [1.29, 1.82) is 0 Å². The Morgan fingerprint density at radius 3 is 2.39 bits per heavy atom.